The van der Waals surface area contributed by atoms with E-state index >= 15 is 0 Å². The lowest BCUT2D eigenvalue weighted by Crippen LogP contribution is -2.12. The van der Waals surface area contributed by atoms with Gasteiger partial charge in [-0.3, -0.25) is 4.79 Å². The minimum Gasteiger partial charge on any atom is -0.494 e. The summed E-state index contributed by atoms with van der Waals surface area (Å²) in [7, 11) is 1.46. The van der Waals surface area contributed by atoms with Crippen molar-refractivity contribution in [2.24, 2.45) is 0 Å². The van der Waals surface area contributed by atoms with Crippen molar-refractivity contribution in [2.75, 3.05) is 12.4 Å². The highest BCUT2D eigenvalue weighted by Crippen LogP contribution is 2.34. The zero-order valence-corrected chi connectivity index (χ0v) is 15.1. The van der Waals surface area contributed by atoms with Gasteiger partial charge in [-0.25, -0.2) is 0 Å². The molecule has 0 heterocycles. The Morgan fingerprint density at radius 2 is 1.71 bits per heavy atom. The van der Waals surface area contributed by atoms with Crippen LogP contribution in [-0.4, -0.2) is 13.0 Å². The molecule has 0 saturated carbocycles. The van der Waals surface area contributed by atoms with Crippen molar-refractivity contribution in [1.82, 2.24) is 0 Å². The number of carbonyl (C=O) groups excluding carboxylic acids is 1. The molecule has 0 saturated heterocycles. The Morgan fingerprint density at radius 1 is 1.10 bits per heavy atom. The highest BCUT2D eigenvalue weighted by atomic mass is 127. The predicted octanol–water partition coefficient (Wildman–Crippen LogP) is 5.51. The predicted molar refractivity (Wildman–Crippen MR) is 95.1 cm³/mol. The van der Waals surface area contributed by atoms with Crippen LogP contribution in [0.3, 0.4) is 0 Å². The first-order valence-electron chi connectivity index (χ1n) is 5.72. The summed E-state index contributed by atoms with van der Waals surface area (Å²) < 4.78 is 6.02. The van der Waals surface area contributed by atoms with Crippen molar-refractivity contribution in [2.45, 2.75) is 0 Å². The van der Waals surface area contributed by atoms with E-state index in [-0.39, 0.29) is 16.0 Å². The van der Waals surface area contributed by atoms with Crippen molar-refractivity contribution >= 4 is 69.0 Å². The van der Waals surface area contributed by atoms with Crippen molar-refractivity contribution in [3.05, 3.63) is 54.5 Å². The van der Waals surface area contributed by atoms with E-state index in [1.54, 1.807) is 12.1 Å². The summed E-state index contributed by atoms with van der Waals surface area (Å²) in [5.41, 5.74) is 0.838. The molecule has 2 aromatic rings. The number of carbonyl (C=O) groups is 1. The Morgan fingerprint density at radius 3 is 2.24 bits per heavy atom. The molecule has 7 heteroatoms. The van der Waals surface area contributed by atoms with Crippen LogP contribution in [0.1, 0.15) is 10.4 Å². The number of anilines is 1. The third kappa shape index (κ3) is 3.94. The third-order valence-corrected chi connectivity index (χ3v) is 4.19. The first-order valence-corrected chi connectivity index (χ1v) is 7.93. The molecule has 1 N–H and O–H groups in total. The standard InChI is InChI=1S/C14H9Cl3INO2/c1-21-13-10(16)4-7(5-11(13)17)14(20)19-12-3-2-8(18)6-9(12)15/h2-6H,1H3,(H,19,20). The van der Waals surface area contributed by atoms with E-state index in [4.69, 9.17) is 39.5 Å². The van der Waals surface area contributed by atoms with Crippen LogP contribution in [0.15, 0.2) is 30.3 Å². The zero-order chi connectivity index (χ0) is 15.6. The lowest BCUT2D eigenvalue weighted by molar-refractivity contribution is 0.102. The fourth-order valence-electron chi connectivity index (χ4n) is 1.67. The van der Waals surface area contributed by atoms with Crippen LogP contribution in [0, 0.1) is 3.57 Å². The van der Waals surface area contributed by atoms with E-state index in [1.807, 2.05) is 6.07 Å². The molecule has 21 heavy (non-hydrogen) atoms. The Hall–Kier alpha value is -0.690. The molecule has 0 aliphatic carbocycles. The summed E-state index contributed by atoms with van der Waals surface area (Å²) in [6.45, 7) is 0. The molecule has 3 nitrogen and oxygen atoms in total. The molecule has 0 radical (unpaired) electrons. The molecule has 0 aromatic heterocycles. The van der Waals surface area contributed by atoms with E-state index in [0.29, 0.717) is 22.0 Å². The molecule has 1 amide bonds. The van der Waals surface area contributed by atoms with Crippen molar-refractivity contribution in [1.29, 1.82) is 0 Å². The van der Waals surface area contributed by atoms with Gasteiger partial charge in [-0.15, -0.1) is 0 Å². The fourth-order valence-corrected chi connectivity index (χ4v) is 3.22. The van der Waals surface area contributed by atoms with Crippen LogP contribution in [0.2, 0.25) is 15.1 Å². The average molecular weight is 456 g/mol. The van der Waals surface area contributed by atoms with E-state index in [0.717, 1.165) is 3.57 Å². The number of benzene rings is 2. The van der Waals surface area contributed by atoms with Gasteiger partial charge in [-0.1, -0.05) is 34.8 Å². The van der Waals surface area contributed by atoms with Crippen LogP contribution in [0.25, 0.3) is 0 Å². The Labute approximate surface area is 150 Å². The minimum atomic E-state index is -0.357. The number of amides is 1. The monoisotopic (exact) mass is 455 g/mol. The van der Waals surface area contributed by atoms with Gasteiger partial charge in [0.25, 0.3) is 5.91 Å². The summed E-state index contributed by atoms with van der Waals surface area (Å²) in [6.07, 6.45) is 0. The molecule has 110 valence electrons. The Bertz CT molecular complexity index is 684. The quantitative estimate of drug-likeness (QED) is 0.619. The molecular formula is C14H9Cl3INO2. The second kappa shape index (κ2) is 7.05. The molecule has 2 rings (SSSR count). The van der Waals surface area contributed by atoms with Crippen molar-refractivity contribution in [3.63, 3.8) is 0 Å². The summed E-state index contributed by atoms with van der Waals surface area (Å²) in [5.74, 6) is -0.0215. The van der Waals surface area contributed by atoms with Gasteiger partial charge in [0.2, 0.25) is 0 Å². The van der Waals surface area contributed by atoms with Crippen LogP contribution in [0.4, 0.5) is 5.69 Å². The van der Waals surface area contributed by atoms with E-state index in [9.17, 15) is 4.79 Å². The minimum absolute atomic E-state index is 0.267. The van der Waals surface area contributed by atoms with Crippen molar-refractivity contribution in [3.8, 4) is 5.75 Å². The number of methoxy groups -OCH3 is 1. The van der Waals surface area contributed by atoms with Gasteiger partial charge in [-0.05, 0) is 52.9 Å². The van der Waals surface area contributed by atoms with Gasteiger partial charge < -0.3 is 10.1 Å². The molecule has 0 aliphatic heterocycles. The normalized spacial score (nSPS) is 10.3. The smallest absolute Gasteiger partial charge is 0.255 e. The maximum atomic E-state index is 12.2. The van der Waals surface area contributed by atoms with Crippen molar-refractivity contribution < 1.29 is 9.53 Å². The molecule has 0 atom stereocenters. The fraction of sp³-hybridized carbons (Fsp3) is 0.0714. The van der Waals surface area contributed by atoms with Gasteiger partial charge >= 0.3 is 0 Å². The topological polar surface area (TPSA) is 38.3 Å². The molecule has 0 fully saturated rings. The highest BCUT2D eigenvalue weighted by molar-refractivity contribution is 14.1. The number of rotatable bonds is 3. The summed E-state index contributed by atoms with van der Waals surface area (Å²) in [6, 6.07) is 8.31. The number of halogens is 4. The molecule has 0 unspecified atom stereocenters. The lowest BCUT2D eigenvalue weighted by atomic mass is 10.2. The molecular weight excluding hydrogens is 447 g/mol. The average Bonchev–Trinajstić information content (AvgIpc) is 2.41. The maximum Gasteiger partial charge on any atom is 0.255 e. The van der Waals surface area contributed by atoms with Gasteiger partial charge in [0, 0.05) is 9.13 Å². The number of hydrogen-bond acceptors (Lipinski definition) is 2. The Kier molecular flexibility index (Phi) is 5.60. The van der Waals surface area contributed by atoms with E-state index < -0.39 is 0 Å². The van der Waals surface area contributed by atoms with Gasteiger partial charge in [-0.2, -0.15) is 0 Å². The van der Waals surface area contributed by atoms with Crippen LogP contribution in [0.5, 0.6) is 5.75 Å². The summed E-state index contributed by atoms with van der Waals surface area (Å²) in [4.78, 5) is 12.2. The molecule has 0 bridgehead atoms. The number of hydrogen-bond donors (Lipinski definition) is 1. The lowest BCUT2D eigenvalue weighted by Gasteiger charge is -2.10. The van der Waals surface area contributed by atoms with Gasteiger partial charge in [0.1, 0.15) is 0 Å². The SMILES string of the molecule is COc1c(Cl)cc(C(=O)Nc2ccc(I)cc2Cl)cc1Cl. The second-order valence-electron chi connectivity index (χ2n) is 4.05. The van der Waals surface area contributed by atoms with Gasteiger partial charge in [0.15, 0.2) is 5.75 Å². The number of nitrogens with one attached hydrogen (secondary N) is 1. The first-order chi connectivity index (χ1) is 9.92. The van der Waals surface area contributed by atoms with Gasteiger partial charge in [0.05, 0.1) is 27.9 Å². The molecule has 0 aliphatic rings. The molecule has 0 spiro atoms. The third-order valence-electron chi connectivity index (χ3n) is 2.64. The maximum absolute atomic E-state index is 12.2. The largest absolute Gasteiger partial charge is 0.494 e. The van der Waals surface area contributed by atoms with E-state index in [1.165, 1.54) is 19.2 Å². The first kappa shape index (κ1) is 16.7. The molecule has 2 aromatic carbocycles. The Balaban J connectivity index is 2.28. The van der Waals surface area contributed by atoms with E-state index in [2.05, 4.69) is 27.9 Å². The summed E-state index contributed by atoms with van der Waals surface area (Å²) in [5, 5.41) is 3.71. The second-order valence-corrected chi connectivity index (χ2v) is 6.52. The highest BCUT2D eigenvalue weighted by Gasteiger charge is 2.14. The number of ether oxygens (including phenoxy) is 1. The van der Waals surface area contributed by atoms with Crippen LogP contribution in [-0.2, 0) is 0 Å². The van der Waals surface area contributed by atoms with Crippen LogP contribution < -0.4 is 10.1 Å². The summed E-state index contributed by atoms with van der Waals surface area (Å²) >= 11 is 20.3. The zero-order valence-electron chi connectivity index (χ0n) is 10.7. The van der Waals surface area contributed by atoms with Crippen LogP contribution >= 0.6 is 57.4 Å².